The molecule has 0 heterocycles. The standard InChI is InChI=1S/2C18H20N2O5S.C17H16N2O4/c1-3-20(26(2,24)25)12-13-7-6-8-14(11-13)19-17(21)15-9-4-5-10-16(15)18(22)23;1-3-26(24,25)20(2)12-13-7-6-8-14(11-13)19-17(21)15-9-4-5-10-16(15)18(22)23;18-15(20)10-7-11-5-8-12(9-6-11)19-16(21)13-3-1-2-4-14(13)17(22)23/h2*4-11H,3,12H2,1-2H3,(H,19,21)(H,22,23);1-6,8-9H,7,10H2,(H2,18,20)(H,19,21)(H,22,23). The Morgan fingerprint density at radius 1 is 0.493 bits per heavy atom. The molecule has 0 bridgehead atoms. The van der Waals surface area contributed by atoms with E-state index >= 15 is 0 Å². The highest BCUT2D eigenvalue weighted by Gasteiger charge is 2.20. The van der Waals surface area contributed by atoms with Crippen molar-refractivity contribution in [2.75, 3.05) is 41.6 Å². The van der Waals surface area contributed by atoms with Crippen LogP contribution in [0, 0.1) is 0 Å². The lowest BCUT2D eigenvalue weighted by atomic mass is 10.1. The average Bonchev–Trinajstić information content (AvgIpc) is 3.37. The minimum Gasteiger partial charge on any atom is -0.478 e. The monoisotopic (exact) mass is 1060 g/mol. The summed E-state index contributed by atoms with van der Waals surface area (Å²) in [4.78, 5) is 81.4. The molecule has 0 aliphatic carbocycles. The molecular weight excluding hydrogens is 1010 g/mol. The van der Waals surface area contributed by atoms with E-state index in [1.807, 2.05) is 0 Å². The summed E-state index contributed by atoms with van der Waals surface area (Å²) in [6, 6.07) is 38.3. The first-order valence-electron chi connectivity index (χ1n) is 22.8. The summed E-state index contributed by atoms with van der Waals surface area (Å²) in [5.74, 6) is -5.47. The van der Waals surface area contributed by atoms with E-state index in [2.05, 4.69) is 16.0 Å². The summed E-state index contributed by atoms with van der Waals surface area (Å²) in [5.41, 5.74) is 8.85. The number of hydrogen-bond donors (Lipinski definition) is 7. The SMILES string of the molecule is CCN(Cc1cccc(NC(=O)c2ccccc2C(=O)O)c1)S(C)(=O)=O.CCS(=O)(=O)N(C)Cc1cccc(NC(=O)c2ccccc2C(=O)O)c1.NC(=O)CCc1ccc(NC(=O)c2ccccc2C(=O)O)cc1. The molecule has 4 amide bonds. The van der Waals surface area contributed by atoms with Crippen LogP contribution in [0.5, 0.6) is 0 Å². The summed E-state index contributed by atoms with van der Waals surface area (Å²) in [6.07, 6.45) is 1.94. The molecule has 0 aromatic heterocycles. The van der Waals surface area contributed by atoms with Crippen LogP contribution >= 0.6 is 0 Å². The van der Waals surface area contributed by atoms with Crippen molar-refractivity contribution in [3.05, 3.63) is 196 Å². The van der Waals surface area contributed by atoms with Gasteiger partial charge in [0, 0.05) is 50.2 Å². The van der Waals surface area contributed by atoms with E-state index in [4.69, 9.17) is 10.8 Å². The van der Waals surface area contributed by atoms with Crippen LogP contribution in [0.1, 0.15) is 99.1 Å². The first-order chi connectivity index (χ1) is 35.4. The van der Waals surface area contributed by atoms with Gasteiger partial charge in [-0.3, -0.25) is 19.2 Å². The van der Waals surface area contributed by atoms with Crippen molar-refractivity contribution in [1.29, 1.82) is 0 Å². The van der Waals surface area contributed by atoms with Crippen molar-refractivity contribution >= 4 is 78.6 Å². The zero-order valence-corrected chi connectivity index (χ0v) is 42.9. The number of sulfonamides is 2. The van der Waals surface area contributed by atoms with Gasteiger partial charge in [0.15, 0.2) is 0 Å². The van der Waals surface area contributed by atoms with Crippen LogP contribution < -0.4 is 21.7 Å². The lowest BCUT2D eigenvalue weighted by Crippen LogP contribution is -2.29. The maximum Gasteiger partial charge on any atom is 0.336 e. The molecule has 0 saturated carbocycles. The number of nitrogens with one attached hydrogen (secondary N) is 3. The number of aryl methyl sites for hydroxylation is 1. The summed E-state index contributed by atoms with van der Waals surface area (Å²) in [7, 11) is -5.14. The molecule has 0 saturated heterocycles. The Balaban J connectivity index is 0.000000244. The predicted octanol–water partition coefficient (Wildman–Crippen LogP) is 6.89. The molecule has 0 unspecified atom stereocenters. The Labute approximate surface area is 433 Å². The van der Waals surface area contributed by atoms with Crippen molar-refractivity contribution in [1.82, 2.24) is 8.61 Å². The molecule has 0 atom stereocenters. The van der Waals surface area contributed by atoms with E-state index in [1.54, 1.807) is 123 Å². The van der Waals surface area contributed by atoms with Crippen molar-refractivity contribution in [3.63, 3.8) is 0 Å². The Morgan fingerprint density at radius 3 is 1.21 bits per heavy atom. The Kier molecular flexibility index (Phi) is 21.6. The Hall–Kier alpha value is -8.57. The summed E-state index contributed by atoms with van der Waals surface area (Å²) in [6.45, 7) is 4.01. The third-order valence-corrected chi connectivity index (χ3v) is 14.0. The van der Waals surface area contributed by atoms with Crippen molar-refractivity contribution < 1.29 is 65.7 Å². The minimum atomic E-state index is -3.33. The van der Waals surface area contributed by atoms with Gasteiger partial charge in [-0.1, -0.05) is 79.7 Å². The van der Waals surface area contributed by atoms with E-state index in [0.29, 0.717) is 41.2 Å². The number of nitrogens with two attached hydrogens (primary N) is 1. The van der Waals surface area contributed by atoms with Gasteiger partial charge in [0.05, 0.1) is 45.4 Å². The van der Waals surface area contributed by atoms with Crippen LogP contribution in [0.3, 0.4) is 0 Å². The van der Waals surface area contributed by atoms with Gasteiger partial charge in [-0.15, -0.1) is 0 Å². The van der Waals surface area contributed by atoms with E-state index in [9.17, 15) is 60.6 Å². The van der Waals surface area contributed by atoms with E-state index in [0.717, 1.165) is 11.8 Å². The first-order valence-corrected chi connectivity index (χ1v) is 26.2. The summed E-state index contributed by atoms with van der Waals surface area (Å²) >= 11 is 0. The number of anilines is 3. The smallest absolute Gasteiger partial charge is 0.336 e. The van der Waals surface area contributed by atoms with Crippen molar-refractivity contribution in [2.45, 2.75) is 39.8 Å². The molecule has 20 nitrogen and oxygen atoms in total. The highest BCUT2D eigenvalue weighted by atomic mass is 32.2. The van der Waals surface area contributed by atoms with Gasteiger partial charge in [-0.05, 0) is 103 Å². The van der Waals surface area contributed by atoms with E-state index in [1.165, 1.54) is 52.1 Å². The van der Waals surface area contributed by atoms with E-state index < -0.39 is 55.7 Å². The number of carboxylic acids is 3. The molecule has 0 spiro atoms. The molecule has 6 aromatic rings. The number of carbonyl (C=O) groups is 7. The van der Waals surface area contributed by atoms with Crippen LogP contribution in [0.4, 0.5) is 17.1 Å². The Bertz CT molecular complexity index is 3280. The predicted molar refractivity (Wildman–Crippen MR) is 283 cm³/mol. The summed E-state index contributed by atoms with van der Waals surface area (Å²) < 4.78 is 49.7. The molecule has 6 aromatic carbocycles. The van der Waals surface area contributed by atoms with Gasteiger partial charge in [0.1, 0.15) is 0 Å². The number of rotatable bonds is 20. The van der Waals surface area contributed by atoms with Gasteiger partial charge < -0.3 is 37.0 Å². The van der Waals surface area contributed by atoms with Gasteiger partial charge in [-0.25, -0.2) is 35.5 Å². The molecular formula is C53H56N6O14S2. The number of benzene rings is 6. The lowest BCUT2D eigenvalue weighted by molar-refractivity contribution is -0.118. The van der Waals surface area contributed by atoms with Crippen molar-refractivity contribution in [2.24, 2.45) is 5.73 Å². The molecule has 394 valence electrons. The quantitative estimate of drug-likeness (QED) is 0.0409. The van der Waals surface area contributed by atoms with Crippen LogP contribution in [0.15, 0.2) is 146 Å². The zero-order valence-electron chi connectivity index (χ0n) is 41.2. The molecule has 75 heavy (non-hydrogen) atoms. The molecule has 0 fully saturated rings. The topological polar surface area (TPSA) is 317 Å². The molecule has 8 N–H and O–H groups in total. The van der Waals surface area contributed by atoms with Gasteiger partial charge in [0.25, 0.3) is 17.7 Å². The normalized spacial score (nSPS) is 11.0. The van der Waals surface area contributed by atoms with Crippen LogP contribution in [-0.4, -0.2) is 108 Å². The average molecular weight is 1070 g/mol. The third kappa shape index (κ3) is 18.2. The zero-order chi connectivity index (χ0) is 55.5. The van der Waals surface area contributed by atoms with Gasteiger partial charge in [0.2, 0.25) is 26.0 Å². The number of nitrogens with zero attached hydrogens (tertiary/aromatic N) is 2. The second-order valence-electron chi connectivity index (χ2n) is 16.3. The minimum absolute atomic E-state index is 0.00585. The van der Waals surface area contributed by atoms with Crippen LogP contribution in [-0.2, 0) is 44.4 Å². The van der Waals surface area contributed by atoms with Gasteiger partial charge >= 0.3 is 17.9 Å². The second-order valence-corrected chi connectivity index (χ2v) is 20.7. The number of carboxylic acid groups (broad SMARTS) is 3. The van der Waals surface area contributed by atoms with Crippen LogP contribution in [0.25, 0.3) is 0 Å². The van der Waals surface area contributed by atoms with Gasteiger partial charge in [-0.2, -0.15) is 4.31 Å². The Morgan fingerprint density at radius 2 is 0.867 bits per heavy atom. The van der Waals surface area contributed by atoms with Crippen molar-refractivity contribution in [3.8, 4) is 0 Å². The highest BCUT2D eigenvalue weighted by Crippen LogP contribution is 2.20. The molecule has 0 aliphatic heterocycles. The molecule has 6 rings (SSSR count). The number of hydrogen-bond acceptors (Lipinski definition) is 11. The molecule has 22 heteroatoms. The maximum absolute atomic E-state index is 12.4. The lowest BCUT2D eigenvalue weighted by Gasteiger charge is -2.18. The largest absolute Gasteiger partial charge is 0.478 e. The fourth-order valence-electron chi connectivity index (χ4n) is 6.96. The number of amides is 4. The maximum atomic E-state index is 12.4. The second kappa shape index (κ2) is 27.5. The molecule has 0 radical (unpaired) electrons. The first kappa shape index (κ1) is 59.0. The fourth-order valence-corrected chi connectivity index (χ4v) is 8.60. The fraction of sp³-hybridized carbons (Fsp3) is 0.189. The molecule has 0 aliphatic rings. The van der Waals surface area contributed by atoms with E-state index in [-0.39, 0.29) is 64.6 Å². The summed E-state index contributed by atoms with van der Waals surface area (Å²) in [5, 5.41) is 35.4. The van der Waals surface area contributed by atoms with Crippen LogP contribution in [0.2, 0.25) is 0 Å². The number of aromatic carboxylic acids is 3. The number of primary amides is 1. The highest BCUT2D eigenvalue weighted by molar-refractivity contribution is 7.89. The third-order valence-electron chi connectivity index (χ3n) is 10.9. The number of carbonyl (C=O) groups excluding carboxylic acids is 4.